The smallest absolute Gasteiger partial charge is 0.243 e. The number of amides is 1. The lowest BCUT2D eigenvalue weighted by molar-refractivity contribution is -0.114. The van der Waals surface area contributed by atoms with Crippen molar-refractivity contribution < 1.29 is 9.53 Å². The molecule has 0 radical (unpaired) electrons. The van der Waals surface area contributed by atoms with Gasteiger partial charge in [-0.15, -0.1) is 5.10 Å². The first-order valence-electron chi connectivity index (χ1n) is 8.70. The Bertz CT molecular complexity index is 998. The highest BCUT2D eigenvalue weighted by Crippen LogP contribution is 2.31. The van der Waals surface area contributed by atoms with Crippen molar-refractivity contribution in [2.45, 2.75) is 13.3 Å². The van der Waals surface area contributed by atoms with Gasteiger partial charge < -0.3 is 15.4 Å². The number of hydrogen-bond donors (Lipinski definition) is 2. The zero-order valence-electron chi connectivity index (χ0n) is 15.2. The van der Waals surface area contributed by atoms with E-state index in [2.05, 4.69) is 20.7 Å². The Morgan fingerprint density at radius 1 is 1.22 bits per heavy atom. The average molecular weight is 364 g/mol. The van der Waals surface area contributed by atoms with Crippen molar-refractivity contribution >= 4 is 17.3 Å². The maximum absolute atomic E-state index is 11.7. The van der Waals surface area contributed by atoms with Crippen molar-refractivity contribution in [3.63, 3.8) is 0 Å². The Kier molecular flexibility index (Phi) is 4.55. The molecule has 2 aromatic heterocycles. The highest BCUT2D eigenvalue weighted by atomic mass is 16.5. The third kappa shape index (κ3) is 3.52. The number of hydrogen-bond acceptors (Lipinski definition) is 6. The molecule has 3 heterocycles. The molecule has 0 bridgehead atoms. The summed E-state index contributed by atoms with van der Waals surface area (Å²) in [7, 11) is 1.65. The number of benzene rings is 1. The standard InChI is InChI=1S/C19H20N6O2/c1-12-5-7-20-17(9-12)25-19(23-16(24-25)6-8-27-2)13-3-4-14-15(10-13)22-18(26)11-21-14/h3-5,7,9-10,21H,6,8,11H2,1-2H3,(H,22,26). The first kappa shape index (κ1) is 17.2. The normalized spacial score (nSPS) is 13.0. The molecule has 0 unspecified atom stereocenters. The van der Waals surface area contributed by atoms with E-state index in [1.807, 2.05) is 37.3 Å². The van der Waals surface area contributed by atoms with Crippen molar-refractivity contribution in [2.24, 2.45) is 0 Å². The molecule has 0 spiro atoms. The third-order valence-corrected chi connectivity index (χ3v) is 4.29. The maximum Gasteiger partial charge on any atom is 0.243 e. The van der Waals surface area contributed by atoms with E-state index in [1.165, 1.54) is 0 Å². The van der Waals surface area contributed by atoms with Crippen LogP contribution in [0, 0.1) is 6.92 Å². The van der Waals surface area contributed by atoms with Crippen LogP contribution >= 0.6 is 0 Å². The summed E-state index contributed by atoms with van der Waals surface area (Å²) in [6, 6.07) is 9.68. The van der Waals surface area contributed by atoms with Gasteiger partial charge in [0, 0.05) is 25.3 Å². The molecule has 27 heavy (non-hydrogen) atoms. The Morgan fingerprint density at radius 2 is 2.11 bits per heavy atom. The first-order chi connectivity index (χ1) is 13.1. The summed E-state index contributed by atoms with van der Waals surface area (Å²) in [5.41, 5.74) is 3.55. The van der Waals surface area contributed by atoms with Gasteiger partial charge in [-0.2, -0.15) is 4.68 Å². The fraction of sp³-hybridized carbons (Fsp3) is 0.263. The SMILES string of the molecule is COCCc1nc(-c2ccc3c(c2)NC(=O)CN3)n(-c2cc(C)ccn2)n1. The second kappa shape index (κ2) is 7.16. The number of nitrogens with one attached hydrogen (secondary N) is 2. The summed E-state index contributed by atoms with van der Waals surface area (Å²) < 4.78 is 6.88. The van der Waals surface area contributed by atoms with Gasteiger partial charge in [0.2, 0.25) is 5.91 Å². The Hall–Kier alpha value is -3.26. The average Bonchev–Trinajstić information content (AvgIpc) is 3.10. The number of ether oxygens (including phenoxy) is 1. The van der Waals surface area contributed by atoms with E-state index in [0.29, 0.717) is 30.5 Å². The van der Waals surface area contributed by atoms with Gasteiger partial charge in [0.25, 0.3) is 0 Å². The predicted molar refractivity (Wildman–Crippen MR) is 102 cm³/mol. The molecule has 1 aromatic carbocycles. The van der Waals surface area contributed by atoms with Crippen LogP contribution in [0.5, 0.6) is 0 Å². The van der Waals surface area contributed by atoms with Gasteiger partial charge in [-0.25, -0.2) is 9.97 Å². The number of fused-ring (bicyclic) bond motifs is 1. The number of methoxy groups -OCH3 is 1. The molecule has 3 aromatic rings. The van der Waals surface area contributed by atoms with Crippen molar-refractivity contribution in [1.29, 1.82) is 0 Å². The summed E-state index contributed by atoms with van der Waals surface area (Å²) >= 11 is 0. The van der Waals surface area contributed by atoms with Crippen LogP contribution in [0.25, 0.3) is 17.2 Å². The van der Waals surface area contributed by atoms with Gasteiger partial charge in [-0.1, -0.05) is 0 Å². The van der Waals surface area contributed by atoms with Crippen LogP contribution in [-0.4, -0.2) is 45.9 Å². The fourth-order valence-electron chi connectivity index (χ4n) is 2.95. The molecule has 0 saturated carbocycles. The highest BCUT2D eigenvalue weighted by molar-refractivity contribution is 6.01. The minimum atomic E-state index is -0.0674. The lowest BCUT2D eigenvalue weighted by Crippen LogP contribution is -2.27. The monoisotopic (exact) mass is 364 g/mol. The molecular formula is C19H20N6O2. The van der Waals surface area contributed by atoms with Gasteiger partial charge >= 0.3 is 0 Å². The second-order valence-electron chi connectivity index (χ2n) is 6.36. The summed E-state index contributed by atoms with van der Waals surface area (Å²) in [6.07, 6.45) is 2.35. The Morgan fingerprint density at radius 3 is 2.93 bits per heavy atom. The summed E-state index contributed by atoms with van der Waals surface area (Å²) in [6.45, 7) is 2.82. The molecule has 0 saturated heterocycles. The van der Waals surface area contributed by atoms with Gasteiger partial charge in [-0.3, -0.25) is 4.79 Å². The molecule has 1 amide bonds. The lowest BCUT2D eigenvalue weighted by atomic mass is 10.1. The van der Waals surface area contributed by atoms with E-state index < -0.39 is 0 Å². The minimum Gasteiger partial charge on any atom is -0.384 e. The topological polar surface area (TPSA) is 94.0 Å². The van der Waals surface area contributed by atoms with Crippen LogP contribution < -0.4 is 10.6 Å². The van der Waals surface area contributed by atoms with Crippen LogP contribution in [0.15, 0.2) is 36.5 Å². The molecule has 1 aliphatic rings. The van der Waals surface area contributed by atoms with Gasteiger partial charge in [0.15, 0.2) is 17.5 Å². The first-order valence-corrected chi connectivity index (χ1v) is 8.70. The molecule has 2 N–H and O–H groups in total. The number of anilines is 2. The van der Waals surface area contributed by atoms with Crippen LogP contribution in [-0.2, 0) is 16.0 Å². The number of rotatable bonds is 5. The van der Waals surface area contributed by atoms with E-state index in [0.717, 1.165) is 22.5 Å². The van der Waals surface area contributed by atoms with Crippen LogP contribution in [0.1, 0.15) is 11.4 Å². The molecule has 138 valence electrons. The third-order valence-electron chi connectivity index (χ3n) is 4.29. The van der Waals surface area contributed by atoms with Crippen LogP contribution in [0.4, 0.5) is 11.4 Å². The van der Waals surface area contributed by atoms with Gasteiger partial charge in [-0.05, 0) is 42.8 Å². The maximum atomic E-state index is 11.7. The quantitative estimate of drug-likeness (QED) is 0.721. The van der Waals surface area contributed by atoms with E-state index in [1.54, 1.807) is 18.0 Å². The second-order valence-corrected chi connectivity index (χ2v) is 6.36. The molecular weight excluding hydrogens is 344 g/mol. The van der Waals surface area contributed by atoms with Crippen LogP contribution in [0.3, 0.4) is 0 Å². The number of pyridine rings is 1. The zero-order valence-corrected chi connectivity index (χ0v) is 15.2. The van der Waals surface area contributed by atoms with E-state index >= 15 is 0 Å². The van der Waals surface area contributed by atoms with Crippen molar-refractivity contribution in [2.75, 3.05) is 30.9 Å². The van der Waals surface area contributed by atoms with E-state index in [-0.39, 0.29) is 12.5 Å². The van der Waals surface area contributed by atoms with Crippen molar-refractivity contribution in [3.05, 3.63) is 47.9 Å². The number of carbonyl (C=O) groups excluding carboxylic acids is 1. The Balaban J connectivity index is 1.80. The number of nitrogens with zero attached hydrogens (tertiary/aromatic N) is 4. The zero-order chi connectivity index (χ0) is 18.8. The summed E-state index contributed by atoms with van der Waals surface area (Å²) in [5.74, 6) is 1.97. The lowest BCUT2D eigenvalue weighted by Gasteiger charge is -2.19. The van der Waals surface area contributed by atoms with Crippen molar-refractivity contribution in [3.8, 4) is 17.2 Å². The number of aryl methyl sites for hydroxylation is 1. The summed E-state index contributed by atoms with van der Waals surface area (Å²) in [4.78, 5) is 20.8. The molecule has 0 aliphatic carbocycles. The minimum absolute atomic E-state index is 0.0674. The molecule has 4 rings (SSSR count). The fourth-order valence-corrected chi connectivity index (χ4v) is 2.95. The molecule has 8 heteroatoms. The predicted octanol–water partition coefficient (Wildman–Crippen LogP) is 2.19. The van der Waals surface area contributed by atoms with E-state index in [9.17, 15) is 4.79 Å². The molecule has 0 fully saturated rings. The van der Waals surface area contributed by atoms with Gasteiger partial charge in [0.05, 0.1) is 24.5 Å². The Labute approximate surface area is 156 Å². The highest BCUT2D eigenvalue weighted by Gasteiger charge is 2.19. The number of carbonyl (C=O) groups is 1. The molecule has 1 aliphatic heterocycles. The van der Waals surface area contributed by atoms with Crippen molar-refractivity contribution in [1.82, 2.24) is 19.7 Å². The summed E-state index contributed by atoms with van der Waals surface area (Å²) in [5, 5.41) is 10.6. The number of aromatic nitrogens is 4. The molecule has 8 nitrogen and oxygen atoms in total. The largest absolute Gasteiger partial charge is 0.384 e. The molecule has 0 atom stereocenters. The van der Waals surface area contributed by atoms with E-state index in [4.69, 9.17) is 9.72 Å². The van der Waals surface area contributed by atoms with Crippen LogP contribution in [0.2, 0.25) is 0 Å². The van der Waals surface area contributed by atoms with Gasteiger partial charge in [0.1, 0.15) is 0 Å².